The van der Waals surface area contributed by atoms with E-state index in [1.165, 1.54) is 4.90 Å². The molecule has 2 amide bonds. The third kappa shape index (κ3) is 3.10. The van der Waals surface area contributed by atoms with Crippen LogP contribution in [0.1, 0.15) is 47.0 Å². The Morgan fingerprint density at radius 1 is 1.17 bits per heavy atom. The van der Waals surface area contributed by atoms with E-state index in [0.29, 0.717) is 6.54 Å². The number of amides is 2. The predicted molar refractivity (Wildman–Crippen MR) is 68.3 cm³/mol. The summed E-state index contributed by atoms with van der Waals surface area (Å²) in [4.78, 5) is 25.0. The largest absolute Gasteiger partial charge is 0.282 e. The van der Waals surface area contributed by atoms with E-state index in [4.69, 9.17) is 5.26 Å². The molecule has 4 nitrogen and oxygen atoms in total. The first-order chi connectivity index (χ1) is 8.30. The number of nitriles is 1. The first-order valence-electron chi connectivity index (χ1n) is 6.56. The molecule has 1 heterocycles. The smallest absolute Gasteiger partial charge is 0.232 e. The van der Waals surface area contributed by atoms with Gasteiger partial charge in [-0.1, -0.05) is 20.3 Å². The van der Waals surface area contributed by atoms with Crippen molar-refractivity contribution in [3.05, 3.63) is 0 Å². The van der Waals surface area contributed by atoms with Gasteiger partial charge < -0.3 is 0 Å². The lowest BCUT2D eigenvalue weighted by Crippen LogP contribution is -2.31. The second-order valence-corrected chi connectivity index (χ2v) is 5.86. The van der Waals surface area contributed by atoms with E-state index >= 15 is 0 Å². The minimum atomic E-state index is -0.320. The highest BCUT2D eigenvalue weighted by molar-refractivity contribution is 6.04. The van der Waals surface area contributed by atoms with Crippen LogP contribution in [-0.2, 0) is 9.59 Å². The van der Waals surface area contributed by atoms with Crippen molar-refractivity contribution in [2.45, 2.75) is 47.0 Å². The first-order valence-corrected chi connectivity index (χ1v) is 6.56. The predicted octanol–water partition coefficient (Wildman–Crippen LogP) is 2.35. The molecule has 18 heavy (non-hydrogen) atoms. The molecule has 0 saturated carbocycles. The maximum Gasteiger partial charge on any atom is 0.232 e. The summed E-state index contributed by atoms with van der Waals surface area (Å²) in [5, 5.41) is 8.89. The summed E-state index contributed by atoms with van der Waals surface area (Å²) >= 11 is 0. The topological polar surface area (TPSA) is 61.2 Å². The standard InChI is InChI=1S/C14H22N2O2/c1-10-11(2)13(18)16(12(10)17)8-6-5-7-14(3,4)9-15/h10-11H,5-8H2,1-4H3. The van der Waals surface area contributed by atoms with E-state index < -0.39 is 0 Å². The molecule has 2 atom stereocenters. The molecule has 0 N–H and O–H groups in total. The molecular weight excluding hydrogens is 228 g/mol. The highest BCUT2D eigenvalue weighted by Crippen LogP contribution is 2.26. The van der Waals surface area contributed by atoms with Gasteiger partial charge in [-0.3, -0.25) is 14.5 Å². The van der Waals surface area contributed by atoms with E-state index in [1.807, 2.05) is 27.7 Å². The van der Waals surface area contributed by atoms with E-state index in [0.717, 1.165) is 19.3 Å². The summed E-state index contributed by atoms with van der Waals surface area (Å²) in [6.45, 7) is 7.92. The van der Waals surface area contributed by atoms with Gasteiger partial charge in [-0.2, -0.15) is 5.26 Å². The summed E-state index contributed by atoms with van der Waals surface area (Å²) in [5.74, 6) is -0.472. The van der Waals surface area contributed by atoms with Crippen LogP contribution in [0.2, 0.25) is 0 Å². The molecule has 2 unspecified atom stereocenters. The average Bonchev–Trinajstić information content (AvgIpc) is 2.51. The summed E-state index contributed by atoms with van der Waals surface area (Å²) in [6.07, 6.45) is 2.44. The molecule has 0 aromatic carbocycles. The van der Waals surface area contributed by atoms with Gasteiger partial charge in [0.05, 0.1) is 11.5 Å². The van der Waals surface area contributed by atoms with Crippen LogP contribution in [0.4, 0.5) is 0 Å². The second kappa shape index (κ2) is 5.51. The van der Waals surface area contributed by atoms with Gasteiger partial charge in [0.15, 0.2) is 0 Å². The number of imide groups is 1. The van der Waals surface area contributed by atoms with Crippen molar-refractivity contribution in [1.29, 1.82) is 5.26 Å². The molecule has 0 spiro atoms. The minimum absolute atomic E-state index is 0.0490. The molecule has 0 bridgehead atoms. The zero-order valence-electron chi connectivity index (χ0n) is 11.7. The van der Waals surface area contributed by atoms with Crippen LogP contribution in [0.15, 0.2) is 0 Å². The Bertz CT molecular complexity index is 362. The Morgan fingerprint density at radius 2 is 1.67 bits per heavy atom. The van der Waals surface area contributed by atoms with Crippen molar-refractivity contribution in [2.75, 3.05) is 6.54 Å². The molecule has 1 fully saturated rings. The van der Waals surface area contributed by atoms with Crippen LogP contribution in [-0.4, -0.2) is 23.3 Å². The van der Waals surface area contributed by atoms with Crippen molar-refractivity contribution in [1.82, 2.24) is 4.90 Å². The van der Waals surface area contributed by atoms with Crippen molar-refractivity contribution in [2.24, 2.45) is 17.3 Å². The Kier molecular flexibility index (Phi) is 4.50. The minimum Gasteiger partial charge on any atom is -0.282 e. The average molecular weight is 250 g/mol. The lowest BCUT2D eigenvalue weighted by atomic mass is 9.89. The van der Waals surface area contributed by atoms with Crippen LogP contribution in [0.25, 0.3) is 0 Å². The van der Waals surface area contributed by atoms with Gasteiger partial charge in [0.25, 0.3) is 0 Å². The van der Waals surface area contributed by atoms with Crippen molar-refractivity contribution in [3.8, 4) is 6.07 Å². The van der Waals surface area contributed by atoms with E-state index in [1.54, 1.807) is 0 Å². The summed E-state index contributed by atoms with van der Waals surface area (Å²) in [6, 6.07) is 2.25. The van der Waals surface area contributed by atoms with Crippen molar-refractivity contribution < 1.29 is 9.59 Å². The number of hydrogen-bond donors (Lipinski definition) is 0. The zero-order chi connectivity index (χ0) is 13.9. The highest BCUT2D eigenvalue weighted by atomic mass is 16.2. The quantitative estimate of drug-likeness (QED) is 0.556. The first kappa shape index (κ1) is 14.7. The van der Waals surface area contributed by atoms with Gasteiger partial charge in [-0.25, -0.2) is 0 Å². The van der Waals surface area contributed by atoms with Gasteiger partial charge in [0.2, 0.25) is 11.8 Å². The van der Waals surface area contributed by atoms with E-state index in [2.05, 4.69) is 6.07 Å². The van der Waals surface area contributed by atoms with Crippen molar-refractivity contribution >= 4 is 11.8 Å². The molecule has 100 valence electrons. The Balaban J connectivity index is 2.39. The van der Waals surface area contributed by atoms with E-state index in [-0.39, 0.29) is 29.1 Å². The van der Waals surface area contributed by atoms with Crippen LogP contribution in [0, 0.1) is 28.6 Å². The fraction of sp³-hybridized carbons (Fsp3) is 0.786. The zero-order valence-corrected chi connectivity index (χ0v) is 11.7. The Hall–Kier alpha value is -1.37. The number of likely N-dealkylation sites (tertiary alicyclic amines) is 1. The lowest BCUT2D eigenvalue weighted by Gasteiger charge is -2.17. The molecule has 1 rings (SSSR count). The lowest BCUT2D eigenvalue weighted by molar-refractivity contribution is -0.139. The normalized spacial score (nSPS) is 24.5. The number of carbonyl (C=O) groups is 2. The molecule has 0 radical (unpaired) electrons. The number of rotatable bonds is 5. The number of unbranched alkanes of at least 4 members (excludes halogenated alkanes) is 1. The van der Waals surface area contributed by atoms with Crippen LogP contribution >= 0.6 is 0 Å². The molecular formula is C14H22N2O2. The Morgan fingerprint density at radius 3 is 2.11 bits per heavy atom. The third-order valence-corrected chi connectivity index (χ3v) is 3.80. The molecule has 4 heteroatoms. The van der Waals surface area contributed by atoms with Gasteiger partial charge >= 0.3 is 0 Å². The van der Waals surface area contributed by atoms with Gasteiger partial charge in [0, 0.05) is 18.4 Å². The highest BCUT2D eigenvalue weighted by Gasteiger charge is 2.41. The molecule has 0 aromatic rings. The molecule has 1 saturated heterocycles. The maximum absolute atomic E-state index is 11.8. The Labute approximate surface area is 109 Å². The van der Waals surface area contributed by atoms with Gasteiger partial charge in [-0.15, -0.1) is 0 Å². The molecule has 1 aliphatic rings. The van der Waals surface area contributed by atoms with Crippen LogP contribution < -0.4 is 0 Å². The molecule has 0 aliphatic carbocycles. The maximum atomic E-state index is 11.8. The van der Waals surface area contributed by atoms with Crippen LogP contribution in [0.3, 0.4) is 0 Å². The second-order valence-electron chi connectivity index (χ2n) is 5.86. The van der Waals surface area contributed by atoms with E-state index in [9.17, 15) is 9.59 Å². The fourth-order valence-electron chi connectivity index (χ4n) is 2.14. The molecule has 0 aromatic heterocycles. The summed E-state index contributed by atoms with van der Waals surface area (Å²) in [5.41, 5.74) is -0.320. The van der Waals surface area contributed by atoms with Crippen LogP contribution in [0.5, 0.6) is 0 Å². The number of hydrogen-bond acceptors (Lipinski definition) is 3. The fourth-order valence-corrected chi connectivity index (χ4v) is 2.14. The molecule has 1 aliphatic heterocycles. The summed E-state index contributed by atoms with van der Waals surface area (Å²) in [7, 11) is 0. The monoisotopic (exact) mass is 250 g/mol. The van der Waals surface area contributed by atoms with Gasteiger partial charge in [-0.05, 0) is 26.7 Å². The van der Waals surface area contributed by atoms with Gasteiger partial charge in [0.1, 0.15) is 0 Å². The SMILES string of the molecule is CC1C(=O)N(CCCCC(C)(C)C#N)C(=O)C1C. The van der Waals surface area contributed by atoms with Crippen molar-refractivity contribution in [3.63, 3.8) is 0 Å². The third-order valence-electron chi connectivity index (χ3n) is 3.80. The number of nitrogens with zero attached hydrogens (tertiary/aromatic N) is 2. The summed E-state index contributed by atoms with van der Waals surface area (Å²) < 4.78 is 0. The number of carbonyl (C=O) groups excluding carboxylic acids is 2.